The summed E-state index contributed by atoms with van der Waals surface area (Å²) in [4.78, 5) is 19.2. The number of nitriles is 1. The molecule has 1 spiro atoms. The lowest BCUT2D eigenvalue weighted by atomic mass is 9.76. The zero-order chi connectivity index (χ0) is 25.2. The number of aryl methyl sites for hydroxylation is 1. The molecule has 0 bridgehead atoms. The van der Waals surface area contributed by atoms with Crippen LogP contribution >= 0.6 is 0 Å². The first-order valence-corrected chi connectivity index (χ1v) is 13.1. The third kappa shape index (κ3) is 4.82. The third-order valence-corrected chi connectivity index (χ3v) is 7.90. The zero-order valence-electron chi connectivity index (χ0n) is 20.8. The number of amides is 1. The van der Waals surface area contributed by atoms with Gasteiger partial charge in [0.1, 0.15) is 5.60 Å². The highest BCUT2D eigenvalue weighted by molar-refractivity contribution is 5.90. The lowest BCUT2D eigenvalue weighted by Crippen LogP contribution is -2.39. The minimum absolute atomic E-state index is 0.235. The summed E-state index contributed by atoms with van der Waals surface area (Å²) >= 11 is 0. The Morgan fingerprint density at radius 2 is 1.86 bits per heavy atom. The van der Waals surface area contributed by atoms with E-state index in [4.69, 9.17) is 4.74 Å². The minimum atomic E-state index is -0.409. The van der Waals surface area contributed by atoms with Crippen molar-refractivity contribution in [2.75, 3.05) is 11.4 Å². The predicted molar refractivity (Wildman–Crippen MR) is 143 cm³/mol. The maximum Gasteiger partial charge on any atom is 0.415 e. The number of hydrogen-bond donors (Lipinski definition) is 0. The molecule has 6 nitrogen and oxygen atoms in total. The average Bonchev–Trinajstić information content (AvgIpc) is 3.48. The Hall–Kier alpha value is -4.11. The van der Waals surface area contributed by atoms with Crippen LogP contribution in [0.25, 0.3) is 11.0 Å². The highest BCUT2D eigenvalue weighted by Crippen LogP contribution is 2.42. The molecule has 0 radical (unpaired) electrons. The molecule has 1 saturated heterocycles. The lowest BCUT2D eigenvalue weighted by Gasteiger charge is -2.36. The predicted octanol–water partition coefficient (Wildman–Crippen LogP) is 6.47. The molecule has 0 unspecified atom stereocenters. The van der Waals surface area contributed by atoms with Crippen molar-refractivity contribution in [3.8, 4) is 6.07 Å². The van der Waals surface area contributed by atoms with Crippen LogP contribution in [0.4, 0.5) is 10.5 Å². The van der Waals surface area contributed by atoms with Gasteiger partial charge >= 0.3 is 6.09 Å². The molecule has 6 heteroatoms. The minimum Gasteiger partial charge on any atom is -0.441 e. The number of ether oxygens (including phenoxy) is 1. The topological polar surface area (TPSA) is 71.2 Å². The van der Waals surface area contributed by atoms with Gasteiger partial charge in [0.05, 0.1) is 35.5 Å². The van der Waals surface area contributed by atoms with Crippen LogP contribution in [-0.4, -0.2) is 27.8 Å². The van der Waals surface area contributed by atoms with Crippen molar-refractivity contribution in [3.63, 3.8) is 0 Å². The van der Waals surface area contributed by atoms with Gasteiger partial charge in [0, 0.05) is 12.2 Å². The van der Waals surface area contributed by atoms with E-state index in [1.807, 2.05) is 47.6 Å². The average molecular weight is 491 g/mol. The first kappa shape index (κ1) is 23.3. The summed E-state index contributed by atoms with van der Waals surface area (Å²) in [5, 5.41) is 9.25. The fourth-order valence-corrected chi connectivity index (χ4v) is 6.00. The molecular formula is C31H30N4O2. The Bertz CT molecular complexity index is 1450. The van der Waals surface area contributed by atoms with Gasteiger partial charge in [-0.25, -0.2) is 9.78 Å². The molecule has 1 saturated carbocycles. The van der Waals surface area contributed by atoms with E-state index in [1.165, 1.54) is 11.1 Å². The number of benzene rings is 3. The van der Waals surface area contributed by atoms with Crippen molar-refractivity contribution in [2.45, 2.75) is 50.7 Å². The van der Waals surface area contributed by atoms with Crippen molar-refractivity contribution < 1.29 is 9.53 Å². The number of aromatic nitrogens is 2. The smallest absolute Gasteiger partial charge is 0.415 e. The Morgan fingerprint density at radius 1 is 1.05 bits per heavy atom. The number of carbonyl (C=O) groups is 1. The maximum absolute atomic E-state index is 12.9. The van der Waals surface area contributed by atoms with Gasteiger partial charge in [-0.15, -0.1) is 0 Å². The van der Waals surface area contributed by atoms with E-state index in [0.717, 1.165) is 61.8 Å². The SMILES string of the molecule is N#Cc1ccc2ncn(CC[C@H]3CCC[C@]4(C3)CN(c3ccc(Cc5ccccc5)cc3)C(=O)O4)c2c1. The van der Waals surface area contributed by atoms with Gasteiger partial charge in [0.15, 0.2) is 0 Å². The summed E-state index contributed by atoms with van der Waals surface area (Å²) in [6, 6.07) is 26.5. The van der Waals surface area contributed by atoms with Crippen LogP contribution in [0.2, 0.25) is 0 Å². The van der Waals surface area contributed by atoms with Crippen LogP contribution in [0.3, 0.4) is 0 Å². The number of rotatable bonds is 6. The van der Waals surface area contributed by atoms with E-state index in [2.05, 4.69) is 52.0 Å². The second kappa shape index (κ2) is 9.74. The second-order valence-corrected chi connectivity index (χ2v) is 10.5. The van der Waals surface area contributed by atoms with E-state index in [-0.39, 0.29) is 6.09 Å². The summed E-state index contributed by atoms with van der Waals surface area (Å²) in [5.74, 6) is 0.478. The highest BCUT2D eigenvalue weighted by Gasteiger charge is 2.48. The van der Waals surface area contributed by atoms with Gasteiger partial charge < -0.3 is 9.30 Å². The highest BCUT2D eigenvalue weighted by atomic mass is 16.6. The summed E-state index contributed by atoms with van der Waals surface area (Å²) in [7, 11) is 0. The molecule has 1 aromatic heterocycles. The molecule has 1 amide bonds. The van der Waals surface area contributed by atoms with Crippen LogP contribution in [-0.2, 0) is 17.7 Å². The van der Waals surface area contributed by atoms with Crippen LogP contribution in [0.1, 0.15) is 48.8 Å². The molecule has 2 heterocycles. The molecule has 4 aromatic rings. The van der Waals surface area contributed by atoms with Gasteiger partial charge in [-0.05, 0) is 79.5 Å². The quantitative estimate of drug-likeness (QED) is 0.310. The molecule has 0 N–H and O–H groups in total. The molecular weight excluding hydrogens is 460 g/mol. The Kier molecular flexibility index (Phi) is 6.13. The largest absolute Gasteiger partial charge is 0.441 e. The van der Waals surface area contributed by atoms with E-state index in [0.29, 0.717) is 18.0 Å². The van der Waals surface area contributed by atoms with Crippen molar-refractivity contribution in [3.05, 3.63) is 95.8 Å². The summed E-state index contributed by atoms with van der Waals surface area (Å²) < 4.78 is 8.22. The molecule has 2 aliphatic rings. The summed E-state index contributed by atoms with van der Waals surface area (Å²) in [6.45, 7) is 1.45. The molecule has 1 aliphatic carbocycles. The van der Waals surface area contributed by atoms with Crippen LogP contribution in [0, 0.1) is 17.2 Å². The molecule has 37 heavy (non-hydrogen) atoms. The molecule has 1 aliphatic heterocycles. The number of imidazole rings is 1. The van der Waals surface area contributed by atoms with Crippen LogP contribution in [0.15, 0.2) is 79.1 Å². The number of carbonyl (C=O) groups excluding carboxylic acids is 1. The number of nitrogens with zero attached hydrogens (tertiary/aromatic N) is 4. The van der Waals surface area contributed by atoms with Crippen molar-refractivity contribution in [1.29, 1.82) is 5.26 Å². The van der Waals surface area contributed by atoms with E-state index in [1.54, 1.807) is 0 Å². The molecule has 2 atom stereocenters. The summed E-state index contributed by atoms with van der Waals surface area (Å²) in [5.41, 5.74) is 5.55. The second-order valence-electron chi connectivity index (χ2n) is 10.5. The van der Waals surface area contributed by atoms with E-state index >= 15 is 0 Å². The Balaban J connectivity index is 1.10. The number of fused-ring (bicyclic) bond motifs is 1. The van der Waals surface area contributed by atoms with Crippen molar-refractivity contribution in [1.82, 2.24) is 9.55 Å². The number of anilines is 1. The molecule has 2 fully saturated rings. The van der Waals surface area contributed by atoms with E-state index < -0.39 is 5.60 Å². The van der Waals surface area contributed by atoms with Gasteiger partial charge in [-0.2, -0.15) is 5.26 Å². The number of hydrogen-bond acceptors (Lipinski definition) is 4. The lowest BCUT2D eigenvalue weighted by molar-refractivity contribution is 0.00508. The first-order valence-electron chi connectivity index (χ1n) is 13.1. The normalized spacial score (nSPS) is 21.3. The fraction of sp³-hybridized carbons (Fsp3) is 0.323. The van der Waals surface area contributed by atoms with Crippen LogP contribution in [0.5, 0.6) is 0 Å². The standard InChI is InChI=1S/C31H30N4O2/c32-20-26-10-13-28-29(18-26)34(22-33-28)16-14-25-7-4-15-31(19-25)21-35(30(36)37-31)27-11-8-24(9-12-27)17-23-5-2-1-3-6-23/h1-3,5-6,8-13,18,22,25H,4,7,14-17,19,21H2/t25-,31+/m1/s1. The zero-order valence-corrected chi connectivity index (χ0v) is 20.8. The van der Waals surface area contributed by atoms with E-state index in [9.17, 15) is 10.1 Å². The van der Waals surface area contributed by atoms with Gasteiger partial charge in [-0.3, -0.25) is 4.90 Å². The molecule has 3 aromatic carbocycles. The van der Waals surface area contributed by atoms with Gasteiger partial charge in [0.25, 0.3) is 0 Å². The monoisotopic (exact) mass is 490 g/mol. The first-order chi connectivity index (χ1) is 18.1. The molecule has 6 rings (SSSR count). The summed E-state index contributed by atoms with van der Waals surface area (Å²) in [6.07, 6.45) is 7.50. The maximum atomic E-state index is 12.9. The Morgan fingerprint density at radius 3 is 2.68 bits per heavy atom. The van der Waals surface area contributed by atoms with Gasteiger partial charge in [-0.1, -0.05) is 48.9 Å². The van der Waals surface area contributed by atoms with Gasteiger partial charge in [0.2, 0.25) is 0 Å². The van der Waals surface area contributed by atoms with Crippen molar-refractivity contribution >= 4 is 22.8 Å². The Labute approximate surface area is 217 Å². The van der Waals surface area contributed by atoms with Crippen LogP contribution < -0.4 is 4.90 Å². The third-order valence-electron chi connectivity index (χ3n) is 7.90. The van der Waals surface area contributed by atoms with Crippen molar-refractivity contribution in [2.24, 2.45) is 5.92 Å². The fourth-order valence-electron chi connectivity index (χ4n) is 6.00. The molecule has 186 valence electrons.